The van der Waals surface area contributed by atoms with Gasteiger partial charge in [-0.25, -0.2) is 0 Å². The predicted molar refractivity (Wildman–Crippen MR) is 76.3 cm³/mol. The minimum Gasteiger partial charge on any atom is -0.497 e. The van der Waals surface area contributed by atoms with Crippen LogP contribution in [0.25, 0.3) is 0 Å². The molecule has 0 amide bonds. The van der Waals surface area contributed by atoms with E-state index in [2.05, 4.69) is 20.8 Å². The summed E-state index contributed by atoms with van der Waals surface area (Å²) in [6, 6.07) is 5.91. The molecule has 0 saturated carbocycles. The largest absolute Gasteiger partial charge is 0.497 e. The molecule has 19 heavy (non-hydrogen) atoms. The highest BCUT2D eigenvalue weighted by Gasteiger charge is 2.34. The lowest BCUT2D eigenvalue weighted by Crippen LogP contribution is -2.50. The van der Waals surface area contributed by atoms with Crippen molar-refractivity contribution in [1.82, 2.24) is 4.90 Å². The minimum absolute atomic E-state index is 0.259. The molecular weight excluding hydrogens is 310 g/mol. The number of carboxylic acids is 1. The van der Waals surface area contributed by atoms with E-state index in [1.807, 2.05) is 18.2 Å². The van der Waals surface area contributed by atoms with Gasteiger partial charge in [0.2, 0.25) is 0 Å². The van der Waals surface area contributed by atoms with Gasteiger partial charge in [-0.3, -0.25) is 9.69 Å². The number of nitrogens with zero attached hydrogens (tertiary/aromatic N) is 1. The number of hydrogen-bond donors (Lipinski definition) is 1. The van der Waals surface area contributed by atoms with Gasteiger partial charge in [0.1, 0.15) is 5.75 Å². The van der Waals surface area contributed by atoms with Gasteiger partial charge >= 0.3 is 5.97 Å². The molecule has 0 aliphatic carbocycles. The number of hydrogen-bond acceptors (Lipinski definition) is 3. The van der Waals surface area contributed by atoms with Crippen molar-refractivity contribution < 1.29 is 14.6 Å². The topological polar surface area (TPSA) is 49.8 Å². The monoisotopic (exact) mass is 327 g/mol. The van der Waals surface area contributed by atoms with E-state index in [1.165, 1.54) is 5.56 Å². The summed E-state index contributed by atoms with van der Waals surface area (Å²) in [7, 11) is 1.65. The number of likely N-dealkylation sites (tertiary alicyclic amines) is 1. The lowest BCUT2D eigenvalue weighted by molar-refractivity contribution is -0.145. The molecule has 1 aliphatic rings. The summed E-state index contributed by atoms with van der Waals surface area (Å²) < 4.78 is 6.28. The first kappa shape index (κ1) is 14.3. The third-order valence-corrected chi connectivity index (χ3v) is 4.50. The Morgan fingerprint density at radius 1 is 1.58 bits per heavy atom. The lowest BCUT2D eigenvalue weighted by Gasteiger charge is -2.41. The van der Waals surface area contributed by atoms with Crippen molar-refractivity contribution in [3.05, 3.63) is 28.2 Å². The van der Waals surface area contributed by atoms with Crippen molar-refractivity contribution in [3.63, 3.8) is 0 Å². The van der Waals surface area contributed by atoms with Crippen molar-refractivity contribution in [2.24, 2.45) is 11.8 Å². The zero-order chi connectivity index (χ0) is 14.0. The maximum Gasteiger partial charge on any atom is 0.306 e. The molecular formula is C14H18BrNO3. The number of carbonyl (C=O) groups is 1. The number of methoxy groups -OCH3 is 1. The Bertz CT molecular complexity index is 472. The summed E-state index contributed by atoms with van der Waals surface area (Å²) in [6.45, 7) is 4.29. The van der Waals surface area contributed by atoms with Gasteiger partial charge in [-0.1, -0.05) is 22.9 Å². The van der Waals surface area contributed by atoms with E-state index in [1.54, 1.807) is 14.0 Å². The SMILES string of the molecule is COc1ccc(Br)c(CN2CC(C(C)C(=O)O)C2)c1. The second-order valence-corrected chi connectivity index (χ2v) is 5.89. The number of benzene rings is 1. The highest BCUT2D eigenvalue weighted by molar-refractivity contribution is 9.10. The van der Waals surface area contributed by atoms with Crippen LogP contribution in [-0.4, -0.2) is 36.2 Å². The summed E-state index contributed by atoms with van der Waals surface area (Å²) in [4.78, 5) is 13.1. The van der Waals surface area contributed by atoms with E-state index in [9.17, 15) is 4.79 Å². The Morgan fingerprint density at radius 2 is 2.26 bits per heavy atom. The van der Waals surface area contributed by atoms with E-state index in [0.717, 1.165) is 29.9 Å². The van der Waals surface area contributed by atoms with Crippen LogP contribution >= 0.6 is 15.9 Å². The average molecular weight is 328 g/mol. The van der Waals surface area contributed by atoms with Gasteiger partial charge in [-0.15, -0.1) is 0 Å². The molecule has 0 spiro atoms. The van der Waals surface area contributed by atoms with Gasteiger partial charge in [0.25, 0.3) is 0 Å². The number of rotatable bonds is 5. The van der Waals surface area contributed by atoms with Crippen LogP contribution in [0, 0.1) is 11.8 Å². The Morgan fingerprint density at radius 3 is 2.84 bits per heavy atom. The molecule has 1 heterocycles. The molecule has 1 aromatic carbocycles. The molecule has 1 atom stereocenters. The molecule has 104 valence electrons. The van der Waals surface area contributed by atoms with Crippen molar-refractivity contribution >= 4 is 21.9 Å². The second kappa shape index (κ2) is 5.92. The first-order valence-corrected chi connectivity index (χ1v) is 7.08. The summed E-state index contributed by atoms with van der Waals surface area (Å²) in [5, 5.41) is 8.96. The summed E-state index contributed by atoms with van der Waals surface area (Å²) in [6.07, 6.45) is 0. The standard InChI is InChI=1S/C14H18BrNO3/c1-9(14(17)18)11-7-16(8-11)6-10-5-12(19-2)3-4-13(10)15/h3-5,9,11H,6-8H2,1-2H3,(H,17,18). The Hall–Kier alpha value is -1.07. The van der Waals surface area contributed by atoms with Crippen LogP contribution in [0.5, 0.6) is 5.75 Å². The van der Waals surface area contributed by atoms with Gasteiger partial charge in [0.15, 0.2) is 0 Å². The van der Waals surface area contributed by atoms with Gasteiger partial charge < -0.3 is 9.84 Å². The van der Waals surface area contributed by atoms with Crippen LogP contribution in [0.15, 0.2) is 22.7 Å². The average Bonchev–Trinajstić information content (AvgIpc) is 2.34. The smallest absolute Gasteiger partial charge is 0.306 e. The van der Waals surface area contributed by atoms with Gasteiger partial charge in [-0.2, -0.15) is 0 Å². The second-order valence-electron chi connectivity index (χ2n) is 5.04. The fourth-order valence-electron chi connectivity index (χ4n) is 2.30. The van der Waals surface area contributed by atoms with Crippen LogP contribution < -0.4 is 4.74 Å². The zero-order valence-corrected chi connectivity index (χ0v) is 12.7. The molecule has 1 aliphatic heterocycles. The van der Waals surface area contributed by atoms with Gasteiger partial charge in [0.05, 0.1) is 13.0 Å². The third-order valence-electron chi connectivity index (χ3n) is 3.73. The van der Waals surface area contributed by atoms with Crippen LogP contribution in [0.2, 0.25) is 0 Å². The molecule has 4 nitrogen and oxygen atoms in total. The fraction of sp³-hybridized carbons (Fsp3) is 0.500. The maximum absolute atomic E-state index is 10.9. The van der Waals surface area contributed by atoms with Crippen LogP contribution in [0.1, 0.15) is 12.5 Å². The Kier molecular flexibility index (Phi) is 4.47. The molecule has 2 rings (SSSR count). The van der Waals surface area contributed by atoms with Gasteiger partial charge in [-0.05, 0) is 29.7 Å². The van der Waals surface area contributed by atoms with E-state index in [0.29, 0.717) is 0 Å². The van der Waals surface area contributed by atoms with E-state index in [-0.39, 0.29) is 11.8 Å². The van der Waals surface area contributed by atoms with Crippen LogP contribution in [0.4, 0.5) is 0 Å². The Labute approximate surface area is 121 Å². The van der Waals surface area contributed by atoms with E-state index < -0.39 is 5.97 Å². The predicted octanol–water partition coefficient (Wildman–Crippen LogP) is 2.61. The van der Waals surface area contributed by atoms with Crippen LogP contribution in [-0.2, 0) is 11.3 Å². The molecule has 1 saturated heterocycles. The highest BCUT2D eigenvalue weighted by Crippen LogP contribution is 2.29. The molecule has 5 heteroatoms. The first-order chi connectivity index (χ1) is 9.01. The normalized spacial score (nSPS) is 17.8. The fourth-order valence-corrected chi connectivity index (χ4v) is 2.67. The van der Waals surface area contributed by atoms with Crippen molar-refractivity contribution in [2.45, 2.75) is 13.5 Å². The van der Waals surface area contributed by atoms with Crippen molar-refractivity contribution in [2.75, 3.05) is 20.2 Å². The van der Waals surface area contributed by atoms with Crippen molar-refractivity contribution in [1.29, 1.82) is 0 Å². The first-order valence-electron chi connectivity index (χ1n) is 6.29. The Balaban J connectivity index is 1.92. The molecule has 0 bridgehead atoms. The third kappa shape index (κ3) is 3.28. The number of ether oxygens (including phenoxy) is 1. The summed E-state index contributed by atoms with van der Waals surface area (Å²) in [5.41, 5.74) is 1.17. The molecule has 0 radical (unpaired) electrons. The highest BCUT2D eigenvalue weighted by atomic mass is 79.9. The molecule has 1 fully saturated rings. The molecule has 0 aromatic heterocycles. The minimum atomic E-state index is -0.702. The van der Waals surface area contributed by atoms with E-state index in [4.69, 9.17) is 9.84 Å². The number of carboxylic acid groups (broad SMARTS) is 1. The zero-order valence-electron chi connectivity index (χ0n) is 11.1. The quantitative estimate of drug-likeness (QED) is 0.903. The number of halogens is 1. The summed E-state index contributed by atoms with van der Waals surface area (Å²) in [5.74, 6) is 0.147. The molecule has 1 unspecified atom stereocenters. The number of aliphatic carboxylic acids is 1. The molecule has 1 N–H and O–H groups in total. The van der Waals surface area contributed by atoms with Gasteiger partial charge in [0, 0.05) is 24.1 Å². The van der Waals surface area contributed by atoms with Crippen LogP contribution in [0.3, 0.4) is 0 Å². The maximum atomic E-state index is 10.9. The summed E-state index contributed by atoms with van der Waals surface area (Å²) >= 11 is 3.53. The molecule has 1 aromatic rings. The van der Waals surface area contributed by atoms with E-state index >= 15 is 0 Å². The lowest BCUT2D eigenvalue weighted by atomic mass is 9.87. The van der Waals surface area contributed by atoms with Crippen molar-refractivity contribution in [3.8, 4) is 5.75 Å².